The van der Waals surface area contributed by atoms with Crippen LogP contribution in [0.1, 0.15) is 18.0 Å². The average Bonchev–Trinajstić information content (AvgIpc) is 1.93. The zero-order chi connectivity index (χ0) is 8.55. The summed E-state index contributed by atoms with van der Waals surface area (Å²) in [6, 6.07) is 7.15. The third-order valence-corrected chi connectivity index (χ3v) is 4.50. The number of rotatable bonds is 1. The highest BCUT2D eigenvalue weighted by atomic mass is 127. The molecule has 1 aliphatic heterocycles. The standard InChI is InChI=1S/C9H9BrIN/c10-7-2-1-6(5-8(7)11)9-3-4-12-9/h1-2,5,9,12H,3-4H2/t9-/m0/s1. The Balaban J connectivity index is 2.27. The number of benzene rings is 1. The first-order valence-corrected chi connectivity index (χ1v) is 5.83. The molecule has 0 unspecified atom stereocenters. The molecule has 0 saturated carbocycles. The van der Waals surface area contributed by atoms with Gasteiger partial charge in [-0.15, -0.1) is 0 Å². The van der Waals surface area contributed by atoms with Gasteiger partial charge in [0, 0.05) is 14.1 Å². The van der Waals surface area contributed by atoms with E-state index in [0.29, 0.717) is 6.04 Å². The fraction of sp³-hybridized carbons (Fsp3) is 0.333. The first kappa shape index (κ1) is 8.97. The van der Waals surface area contributed by atoms with E-state index in [0.717, 1.165) is 6.54 Å². The van der Waals surface area contributed by atoms with E-state index in [1.165, 1.54) is 20.0 Å². The van der Waals surface area contributed by atoms with Crippen LogP contribution in [0.15, 0.2) is 22.7 Å². The van der Waals surface area contributed by atoms with Crippen LogP contribution in [-0.2, 0) is 0 Å². The zero-order valence-electron chi connectivity index (χ0n) is 6.48. The average molecular weight is 338 g/mol. The molecule has 1 fully saturated rings. The van der Waals surface area contributed by atoms with Gasteiger partial charge in [-0.3, -0.25) is 0 Å². The van der Waals surface area contributed by atoms with Crippen molar-refractivity contribution < 1.29 is 0 Å². The van der Waals surface area contributed by atoms with Gasteiger partial charge in [0.2, 0.25) is 0 Å². The van der Waals surface area contributed by atoms with E-state index in [1.54, 1.807) is 0 Å². The fourth-order valence-corrected chi connectivity index (χ4v) is 2.09. The van der Waals surface area contributed by atoms with E-state index >= 15 is 0 Å². The molecular formula is C9H9BrIN. The summed E-state index contributed by atoms with van der Waals surface area (Å²) in [6.45, 7) is 1.16. The van der Waals surface area contributed by atoms with Gasteiger partial charge in [-0.2, -0.15) is 0 Å². The van der Waals surface area contributed by atoms with E-state index in [4.69, 9.17) is 0 Å². The van der Waals surface area contributed by atoms with Crippen LogP contribution in [0.4, 0.5) is 0 Å². The van der Waals surface area contributed by atoms with Crippen LogP contribution in [0, 0.1) is 3.57 Å². The summed E-state index contributed by atoms with van der Waals surface area (Å²) in [6.07, 6.45) is 1.28. The van der Waals surface area contributed by atoms with Gasteiger partial charge in [0.15, 0.2) is 0 Å². The maximum absolute atomic E-state index is 3.49. The van der Waals surface area contributed by atoms with Crippen molar-refractivity contribution >= 4 is 38.5 Å². The maximum atomic E-state index is 3.49. The lowest BCUT2D eigenvalue weighted by atomic mass is 9.98. The molecule has 1 saturated heterocycles. The molecule has 0 aromatic heterocycles. The van der Waals surface area contributed by atoms with Gasteiger partial charge in [-0.1, -0.05) is 6.07 Å². The monoisotopic (exact) mass is 337 g/mol. The third-order valence-electron chi connectivity index (χ3n) is 2.17. The Kier molecular flexibility index (Phi) is 2.72. The number of hydrogen-bond donors (Lipinski definition) is 1. The Labute approximate surface area is 94.2 Å². The molecule has 2 rings (SSSR count). The molecule has 0 spiro atoms. The highest BCUT2D eigenvalue weighted by Crippen LogP contribution is 2.27. The molecule has 12 heavy (non-hydrogen) atoms. The van der Waals surface area contributed by atoms with Crippen LogP contribution < -0.4 is 5.32 Å². The van der Waals surface area contributed by atoms with Crippen LogP contribution in [0.25, 0.3) is 0 Å². The van der Waals surface area contributed by atoms with Crippen LogP contribution in [0.5, 0.6) is 0 Å². The van der Waals surface area contributed by atoms with Crippen molar-refractivity contribution in [1.29, 1.82) is 0 Å². The second-order valence-electron chi connectivity index (χ2n) is 2.97. The number of hydrogen-bond acceptors (Lipinski definition) is 1. The van der Waals surface area contributed by atoms with E-state index < -0.39 is 0 Å². The molecular weight excluding hydrogens is 329 g/mol. The molecule has 0 aliphatic carbocycles. The minimum absolute atomic E-state index is 0.603. The smallest absolute Gasteiger partial charge is 0.0332 e. The van der Waals surface area contributed by atoms with Gasteiger partial charge in [-0.05, 0) is 69.2 Å². The molecule has 3 heteroatoms. The van der Waals surface area contributed by atoms with Crippen molar-refractivity contribution in [3.05, 3.63) is 31.8 Å². The number of nitrogens with one attached hydrogen (secondary N) is 1. The predicted octanol–water partition coefficient (Wildman–Crippen LogP) is 3.09. The van der Waals surface area contributed by atoms with Crippen molar-refractivity contribution in [3.8, 4) is 0 Å². The summed E-state index contributed by atoms with van der Waals surface area (Å²) in [5.74, 6) is 0. The Hall–Kier alpha value is 0.390. The largest absolute Gasteiger partial charge is 0.310 e. The van der Waals surface area contributed by atoms with E-state index in [2.05, 4.69) is 62.0 Å². The highest BCUT2D eigenvalue weighted by Gasteiger charge is 2.18. The van der Waals surface area contributed by atoms with Gasteiger partial charge in [0.05, 0.1) is 0 Å². The van der Waals surface area contributed by atoms with E-state index in [9.17, 15) is 0 Å². The molecule has 0 radical (unpaired) electrons. The van der Waals surface area contributed by atoms with Gasteiger partial charge in [0.25, 0.3) is 0 Å². The van der Waals surface area contributed by atoms with Crippen molar-refractivity contribution in [2.24, 2.45) is 0 Å². The highest BCUT2D eigenvalue weighted by molar-refractivity contribution is 14.1. The third kappa shape index (κ3) is 1.67. The molecule has 1 atom stereocenters. The minimum atomic E-state index is 0.603. The lowest BCUT2D eigenvalue weighted by Crippen LogP contribution is -2.34. The minimum Gasteiger partial charge on any atom is -0.310 e. The van der Waals surface area contributed by atoms with Crippen LogP contribution >= 0.6 is 38.5 Å². The van der Waals surface area contributed by atoms with Crippen molar-refractivity contribution in [2.75, 3.05) is 6.54 Å². The molecule has 1 heterocycles. The molecule has 0 amide bonds. The van der Waals surface area contributed by atoms with Crippen LogP contribution in [0.3, 0.4) is 0 Å². The summed E-state index contributed by atoms with van der Waals surface area (Å²) in [5.41, 5.74) is 1.41. The second kappa shape index (κ2) is 3.64. The molecule has 1 aliphatic rings. The van der Waals surface area contributed by atoms with Gasteiger partial charge < -0.3 is 5.32 Å². The molecule has 1 N–H and O–H groups in total. The molecule has 1 aromatic rings. The Bertz CT molecular complexity index is 297. The van der Waals surface area contributed by atoms with Gasteiger partial charge >= 0.3 is 0 Å². The maximum Gasteiger partial charge on any atom is 0.0332 e. The summed E-state index contributed by atoms with van der Waals surface area (Å²) < 4.78 is 2.48. The Morgan fingerprint density at radius 3 is 2.75 bits per heavy atom. The molecule has 0 bridgehead atoms. The van der Waals surface area contributed by atoms with Crippen molar-refractivity contribution in [3.63, 3.8) is 0 Å². The Morgan fingerprint density at radius 2 is 2.25 bits per heavy atom. The fourth-order valence-electron chi connectivity index (χ4n) is 1.30. The van der Waals surface area contributed by atoms with Crippen molar-refractivity contribution in [2.45, 2.75) is 12.5 Å². The first-order valence-electron chi connectivity index (χ1n) is 3.96. The summed E-state index contributed by atoms with van der Waals surface area (Å²) in [4.78, 5) is 0. The lowest BCUT2D eigenvalue weighted by molar-refractivity contribution is 0.383. The van der Waals surface area contributed by atoms with Gasteiger partial charge in [-0.25, -0.2) is 0 Å². The summed E-state index contributed by atoms with van der Waals surface area (Å²) >= 11 is 5.84. The van der Waals surface area contributed by atoms with Crippen LogP contribution in [-0.4, -0.2) is 6.54 Å². The normalized spacial score (nSPS) is 22.0. The van der Waals surface area contributed by atoms with E-state index in [1.807, 2.05) is 0 Å². The SMILES string of the molecule is Brc1ccc([C@@H]2CCN2)cc1I. The molecule has 1 aromatic carbocycles. The summed E-state index contributed by atoms with van der Waals surface area (Å²) in [5, 5.41) is 3.39. The predicted molar refractivity (Wildman–Crippen MR) is 62.2 cm³/mol. The molecule has 64 valence electrons. The van der Waals surface area contributed by atoms with Crippen LogP contribution in [0.2, 0.25) is 0 Å². The van der Waals surface area contributed by atoms with E-state index in [-0.39, 0.29) is 0 Å². The zero-order valence-corrected chi connectivity index (χ0v) is 10.2. The van der Waals surface area contributed by atoms with Gasteiger partial charge in [0.1, 0.15) is 0 Å². The second-order valence-corrected chi connectivity index (χ2v) is 4.99. The lowest BCUT2D eigenvalue weighted by Gasteiger charge is -2.28. The topological polar surface area (TPSA) is 12.0 Å². The molecule has 1 nitrogen and oxygen atoms in total. The number of halogens is 2. The first-order chi connectivity index (χ1) is 5.77. The summed E-state index contributed by atoms with van der Waals surface area (Å²) in [7, 11) is 0. The quantitative estimate of drug-likeness (QED) is 0.776. The Morgan fingerprint density at radius 1 is 1.50 bits per heavy atom. The van der Waals surface area contributed by atoms with Crippen molar-refractivity contribution in [1.82, 2.24) is 5.32 Å².